The van der Waals surface area contributed by atoms with E-state index in [0.29, 0.717) is 23.9 Å². The molecule has 0 atom stereocenters. The van der Waals surface area contributed by atoms with Gasteiger partial charge in [0.2, 0.25) is 0 Å². The minimum absolute atomic E-state index is 0.590. The maximum atomic E-state index is 6.03. The van der Waals surface area contributed by atoms with Crippen LogP contribution in [0.4, 0.5) is 5.82 Å². The fourth-order valence-corrected chi connectivity index (χ4v) is 1.76. The monoisotopic (exact) mass is 225 g/mol. The number of nitrogens with zero attached hydrogens (tertiary/aromatic N) is 4. The first kappa shape index (κ1) is 9.77. The quantitative estimate of drug-likeness (QED) is 0.715. The van der Waals surface area contributed by atoms with Crippen molar-refractivity contribution in [3.05, 3.63) is 48.5 Å². The molecule has 0 radical (unpaired) electrons. The summed E-state index contributed by atoms with van der Waals surface area (Å²) in [5.41, 5.74) is 7.86. The van der Waals surface area contributed by atoms with E-state index < -0.39 is 0 Å². The molecule has 5 nitrogen and oxygen atoms in total. The van der Waals surface area contributed by atoms with Crippen LogP contribution in [0.5, 0.6) is 0 Å². The van der Waals surface area contributed by atoms with Gasteiger partial charge < -0.3 is 10.3 Å². The molecule has 2 aliphatic rings. The Morgan fingerprint density at radius 3 is 2.71 bits per heavy atom. The molecule has 0 aliphatic carbocycles. The number of hydrogen-bond acceptors (Lipinski definition) is 4. The van der Waals surface area contributed by atoms with Crippen LogP contribution in [-0.2, 0) is 6.54 Å². The smallest absolute Gasteiger partial charge is 0.184 e. The Balaban J connectivity index is 2.01. The zero-order valence-corrected chi connectivity index (χ0v) is 9.11. The van der Waals surface area contributed by atoms with Crippen molar-refractivity contribution >= 4 is 5.82 Å². The van der Waals surface area contributed by atoms with Gasteiger partial charge in [0, 0.05) is 0 Å². The number of fused-ring (bicyclic) bond motifs is 1. The minimum Gasteiger partial charge on any atom is -0.383 e. The molecule has 2 N–H and O–H groups in total. The second-order valence-corrected chi connectivity index (χ2v) is 3.79. The molecule has 0 saturated carbocycles. The molecule has 1 aromatic carbocycles. The molecule has 1 aromatic rings. The minimum atomic E-state index is 0.590. The zero-order chi connectivity index (χ0) is 11.7. The second kappa shape index (κ2) is 3.86. The number of anilines is 1. The predicted octanol–water partition coefficient (Wildman–Crippen LogP) is 1.41. The molecule has 3 rings (SSSR count). The van der Waals surface area contributed by atoms with Crippen molar-refractivity contribution in [3.63, 3.8) is 0 Å². The van der Waals surface area contributed by atoms with E-state index in [4.69, 9.17) is 5.73 Å². The Labute approximate surface area is 98.3 Å². The molecule has 0 saturated heterocycles. The summed E-state index contributed by atoms with van der Waals surface area (Å²) in [4.78, 5) is 12.3. The predicted molar refractivity (Wildman–Crippen MR) is 64.4 cm³/mol. The highest BCUT2D eigenvalue weighted by Crippen LogP contribution is 2.21. The summed E-state index contributed by atoms with van der Waals surface area (Å²) in [5.74, 6) is 1.18. The Kier molecular flexibility index (Phi) is 2.22. The van der Waals surface area contributed by atoms with Crippen LogP contribution in [0.1, 0.15) is 5.56 Å². The Morgan fingerprint density at radius 1 is 1.06 bits per heavy atom. The summed E-state index contributed by atoms with van der Waals surface area (Å²) < 4.78 is 1.87. The van der Waals surface area contributed by atoms with Gasteiger partial charge >= 0.3 is 0 Å². The summed E-state index contributed by atoms with van der Waals surface area (Å²) in [7, 11) is 0. The molecule has 2 heterocycles. The van der Waals surface area contributed by atoms with Crippen molar-refractivity contribution in [2.45, 2.75) is 6.54 Å². The van der Waals surface area contributed by atoms with Gasteiger partial charge in [0.05, 0.1) is 12.9 Å². The lowest BCUT2D eigenvalue weighted by Gasteiger charge is -2.11. The fourth-order valence-electron chi connectivity index (χ4n) is 1.76. The average Bonchev–Trinajstić information content (AvgIpc) is 2.83. The maximum absolute atomic E-state index is 6.03. The molecule has 84 valence electrons. The summed E-state index contributed by atoms with van der Waals surface area (Å²) in [5, 5.41) is 0. The van der Waals surface area contributed by atoms with Gasteiger partial charge in [-0.25, -0.2) is 15.0 Å². The number of nitrogens with two attached hydrogens (primary N) is 1. The molecular formula is C12H11N5. The summed E-state index contributed by atoms with van der Waals surface area (Å²) in [6, 6.07) is 10.1. The average molecular weight is 225 g/mol. The standard InChI is InChI=1S/C12H11N5/c13-11-10-12(15-7-14-10)16-8-17(11)6-9-4-2-1-3-5-9/h1-5,7-8H,6,13H2. The number of aromatic nitrogens is 4. The molecule has 17 heavy (non-hydrogen) atoms. The van der Waals surface area contributed by atoms with Crippen LogP contribution in [0.25, 0.3) is 11.5 Å². The molecule has 0 aromatic heterocycles. The number of nitrogen functional groups attached to an aromatic ring is 1. The van der Waals surface area contributed by atoms with Crippen LogP contribution >= 0.6 is 0 Å². The van der Waals surface area contributed by atoms with Gasteiger partial charge in [0.1, 0.15) is 17.8 Å². The lowest BCUT2D eigenvalue weighted by atomic mass is 10.2. The van der Waals surface area contributed by atoms with Crippen LogP contribution in [0.15, 0.2) is 43.0 Å². The van der Waals surface area contributed by atoms with Crippen LogP contribution in [0, 0.1) is 0 Å². The Bertz CT molecular complexity index is 602. The van der Waals surface area contributed by atoms with Gasteiger partial charge in [-0.3, -0.25) is 0 Å². The van der Waals surface area contributed by atoms with E-state index in [2.05, 4.69) is 15.0 Å². The number of rotatable bonds is 2. The lowest BCUT2D eigenvalue weighted by Crippen LogP contribution is -2.10. The van der Waals surface area contributed by atoms with Crippen LogP contribution in [0.2, 0.25) is 0 Å². The normalized spacial score (nSPS) is 10.8. The highest BCUT2D eigenvalue weighted by atomic mass is 15.1. The van der Waals surface area contributed by atoms with Crippen LogP contribution in [-0.4, -0.2) is 19.5 Å². The van der Waals surface area contributed by atoms with Gasteiger partial charge in [-0.15, -0.1) is 0 Å². The summed E-state index contributed by atoms with van der Waals surface area (Å²) >= 11 is 0. The van der Waals surface area contributed by atoms with Gasteiger partial charge in [-0.1, -0.05) is 30.3 Å². The van der Waals surface area contributed by atoms with E-state index in [-0.39, 0.29) is 0 Å². The maximum Gasteiger partial charge on any atom is 0.184 e. The summed E-state index contributed by atoms with van der Waals surface area (Å²) in [6.07, 6.45) is 3.17. The third kappa shape index (κ3) is 1.71. The van der Waals surface area contributed by atoms with Gasteiger partial charge in [0.25, 0.3) is 0 Å². The van der Waals surface area contributed by atoms with E-state index in [1.807, 2.05) is 34.9 Å². The molecule has 0 unspecified atom stereocenters. The molecule has 0 fully saturated rings. The zero-order valence-electron chi connectivity index (χ0n) is 9.11. The molecule has 0 amide bonds. The second-order valence-electron chi connectivity index (χ2n) is 3.79. The molecule has 2 aliphatic heterocycles. The molecule has 0 spiro atoms. The highest BCUT2D eigenvalue weighted by Gasteiger charge is 2.13. The highest BCUT2D eigenvalue weighted by molar-refractivity contribution is 5.64. The first-order chi connectivity index (χ1) is 8.34. The molecule has 5 heteroatoms. The number of benzene rings is 1. The first-order valence-electron chi connectivity index (χ1n) is 5.30. The number of hydrogen-bond donors (Lipinski definition) is 1. The molecular weight excluding hydrogens is 214 g/mol. The fraction of sp³-hybridized carbons (Fsp3) is 0.0833. The largest absolute Gasteiger partial charge is 0.383 e. The number of imidazole rings is 1. The Morgan fingerprint density at radius 2 is 1.88 bits per heavy atom. The van der Waals surface area contributed by atoms with Crippen LogP contribution in [0.3, 0.4) is 0 Å². The van der Waals surface area contributed by atoms with E-state index in [1.165, 1.54) is 11.9 Å². The molecule has 0 bridgehead atoms. The van der Waals surface area contributed by atoms with Crippen molar-refractivity contribution < 1.29 is 0 Å². The van der Waals surface area contributed by atoms with Gasteiger partial charge in [-0.2, -0.15) is 0 Å². The van der Waals surface area contributed by atoms with Crippen LogP contribution < -0.4 is 5.73 Å². The van der Waals surface area contributed by atoms with E-state index in [0.717, 1.165) is 0 Å². The van der Waals surface area contributed by atoms with E-state index in [9.17, 15) is 0 Å². The van der Waals surface area contributed by atoms with Gasteiger partial charge in [-0.05, 0) is 5.56 Å². The van der Waals surface area contributed by atoms with Crippen molar-refractivity contribution in [1.29, 1.82) is 0 Å². The SMILES string of the molecule is Nc1c2ncnc-2ncn1Cc1ccccc1. The van der Waals surface area contributed by atoms with Crippen molar-refractivity contribution in [1.82, 2.24) is 19.5 Å². The van der Waals surface area contributed by atoms with Crippen molar-refractivity contribution in [2.75, 3.05) is 5.73 Å². The first-order valence-corrected chi connectivity index (χ1v) is 5.30. The summed E-state index contributed by atoms with van der Waals surface area (Å²) in [6.45, 7) is 0.683. The van der Waals surface area contributed by atoms with E-state index in [1.54, 1.807) is 6.33 Å². The van der Waals surface area contributed by atoms with Gasteiger partial charge in [0.15, 0.2) is 5.82 Å². The lowest BCUT2D eigenvalue weighted by molar-refractivity contribution is 0.776. The Hall–Kier alpha value is -2.43. The van der Waals surface area contributed by atoms with Crippen molar-refractivity contribution in [2.24, 2.45) is 0 Å². The van der Waals surface area contributed by atoms with E-state index >= 15 is 0 Å². The third-order valence-corrected chi connectivity index (χ3v) is 2.65. The van der Waals surface area contributed by atoms with Crippen molar-refractivity contribution in [3.8, 4) is 11.5 Å². The topological polar surface area (TPSA) is 69.6 Å². The third-order valence-electron chi connectivity index (χ3n) is 2.65.